The van der Waals surface area contributed by atoms with E-state index < -0.39 is 11.0 Å². The second-order valence-corrected chi connectivity index (χ2v) is 6.94. The van der Waals surface area contributed by atoms with Crippen molar-refractivity contribution in [3.8, 4) is 5.75 Å². The first-order valence-electron chi connectivity index (χ1n) is 9.36. The maximum absolute atomic E-state index is 10.9. The monoisotopic (exact) mass is 392 g/mol. The Kier molecular flexibility index (Phi) is 6.46. The highest BCUT2D eigenvalue weighted by Gasteiger charge is 2.19. The van der Waals surface area contributed by atoms with E-state index in [0.717, 1.165) is 28.1 Å². The van der Waals surface area contributed by atoms with Crippen LogP contribution in [0.2, 0.25) is 0 Å². The van der Waals surface area contributed by atoms with Crippen molar-refractivity contribution in [2.24, 2.45) is 0 Å². The van der Waals surface area contributed by atoms with Gasteiger partial charge >= 0.3 is 0 Å². The molecule has 2 unspecified atom stereocenters. The molecule has 0 aliphatic heterocycles. The van der Waals surface area contributed by atoms with Crippen LogP contribution >= 0.6 is 0 Å². The summed E-state index contributed by atoms with van der Waals surface area (Å²) in [5.74, 6) is 0.752. The number of hydrogen-bond acceptors (Lipinski definition) is 5. The van der Waals surface area contributed by atoms with Gasteiger partial charge in [0, 0.05) is 24.2 Å². The van der Waals surface area contributed by atoms with Crippen LogP contribution in [0.5, 0.6) is 5.75 Å². The van der Waals surface area contributed by atoms with Gasteiger partial charge in [-0.2, -0.15) is 0 Å². The number of benzene rings is 3. The summed E-state index contributed by atoms with van der Waals surface area (Å²) >= 11 is 0. The van der Waals surface area contributed by atoms with Gasteiger partial charge in [-0.1, -0.05) is 42.0 Å². The first-order chi connectivity index (χ1) is 14.0. The van der Waals surface area contributed by atoms with E-state index in [1.807, 2.05) is 55.5 Å². The van der Waals surface area contributed by atoms with Crippen LogP contribution in [-0.4, -0.2) is 17.1 Å². The molecule has 0 bridgehead atoms. The summed E-state index contributed by atoms with van der Waals surface area (Å²) in [4.78, 5) is 10.5. The number of anilines is 1. The molecule has 0 saturated carbocycles. The molecule has 0 fully saturated rings. The molecule has 0 heterocycles. The normalized spacial score (nSPS) is 12.8. The van der Waals surface area contributed by atoms with Gasteiger partial charge in [-0.25, -0.2) is 0 Å². The van der Waals surface area contributed by atoms with Crippen LogP contribution in [0.3, 0.4) is 0 Å². The summed E-state index contributed by atoms with van der Waals surface area (Å²) in [7, 11) is 1.61. The second-order valence-electron chi connectivity index (χ2n) is 6.94. The third kappa shape index (κ3) is 5.33. The van der Waals surface area contributed by atoms with Gasteiger partial charge < -0.3 is 15.2 Å². The predicted octanol–water partition coefficient (Wildman–Crippen LogP) is 5.19. The van der Waals surface area contributed by atoms with E-state index in [4.69, 9.17) is 4.74 Å². The number of aliphatic hydroxyl groups excluding tert-OH is 1. The molecule has 150 valence electrons. The number of methoxy groups -OCH3 is 1. The molecule has 6 nitrogen and oxygen atoms in total. The molecule has 2 N–H and O–H groups in total. The van der Waals surface area contributed by atoms with Crippen molar-refractivity contribution < 1.29 is 14.8 Å². The fraction of sp³-hybridized carbons (Fsp3) is 0.217. The quantitative estimate of drug-likeness (QED) is 0.407. The zero-order valence-corrected chi connectivity index (χ0v) is 16.4. The number of nitro groups is 1. The zero-order chi connectivity index (χ0) is 20.8. The van der Waals surface area contributed by atoms with E-state index in [2.05, 4.69) is 5.32 Å². The molecule has 3 rings (SSSR count). The zero-order valence-electron chi connectivity index (χ0n) is 16.4. The molecule has 0 amide bonds. The smallest absolute Gasteiger partial charge is 0.269 e. The Bertz CT molecular complexity index is 938. The lowest BCUT2D eigenvalue weighted by atomic mass is 9.96. The third-order valence-corrected chi connectivity index (χ3v) is 4.86. The van der Waals surface area contributed by atoms with Gasteiger partial charge in [0.25, 0.3) is 5.69 Å². The molecule has 0 spiro atoms. The number of rotatable bonds is 8. The number of nitrogens with zero attached hydrogens (tertiary/aromatic N) is 1. The predicted molar refractivity (Wildman–Crippen MR) is 113 cm³/mol. The van der Waals surface area contributed by atoms with E-state index in [-0.39, 0.29) is 11.7 Å². The fourth-order valence-corrected chi connectivity index (χ4v) is 3.14. The van der Waals surface area contributed by atoms with Crippen LogP contribution in [0.25, 0.3) is 0 Å². The van der Waals surface area contributed by atoms with Gasteiger partial charge in [0.15, 0.2) is 0 Å². The Hall–Kier alpha value is -3.38. The molecule has 0 aromatic heterocycles. The Morgan fingerprint density at radius 2 is 1.55 bits per heavy atom. The Labute approximate surface area is 169 Å². The molecular formula is C23H24N2O4. The number of hydrogen-bond donors (Lipinski definition) is 2. The van der Waals surface area contributed by atoms with Crippen LogP contribution in [0, 0.1) is 17.0 Å². The number of nitro benzene ring substituents is 1. The largest absolute Gasteiger partial charge is 0.497 e. The molecule has 0 saturated heterocycles. The van der Waals surface area contributed by atoms with Gasteiger partial charge in [0.2, 0.25) is 0 Å². The lowest BCUT2D eigenvalue weighted by Crippen LogP contribution is -2.15. The average Bonchev–Trinajstić information content (AvgIpc) is 2.74. The highest BCUT2D eigenvalue weighted by atomic mass is 16.6. The molecule has 0 aliphatic rings. The van der Waals surface area contributed by atoms with Gasteiger partial charge in [0.1, 0.15) is 5.75 Å². The Morgan fingerprint density at radius 3 is 2.10 bits per heavy atom. The summed E-state index contributed by atoms with van der Waals surface area (Å²) in [6, 6.07) is 21.5. The van der Waals surface area contributed by atoms with Gasteiger partial charge in [-0.15, -0.1) is 0 Å². The molecule has 3 aromatic carbocycles. The summed E-state index contributed by atoms with van der Waals surface area (Å²) < 4.78 is 5.23. The second kappa shape index (κ2) is 9.21. The molecular weight excluding hydrogens is 368 g/mol. The lowest BCUT2D eigenvalue weighted by molar-refractivity contribution is -0.384. The minimum atomic E-state index is -0.659. The molecule has 0 radical (unpaired) electrons. The summed E-state index contributed by atoms with van der Waals surface area (Å²) in [5.41, 5.74) is 3.75. The summed E-state index contributed by atoms with van der Waals surface area (Å²) in [6.45, 7) is 2.01. The van der Waals surface area contributed by atoms with E-state index in [1.165, 1.54) is 12.1 Å². The number of nitrogens with one attached hydrogen (secondary N) is 1. The summed E-state index contributed by atoms with van der Waals surface area (Å²) in [6.07, 6.45) is -0.222. The number of ether oxygens (including phenoxy) is 1. The minimum Gasteiger partial charge on any atom is -0.497 e. The van der Waals surface area contributed by atoms with Crippen LogP contribution in [-0.2, 0) is 0 Å². The Morgan fingerprint density at radius 1 is 0.966 bits per heavy atom. The maximum Gasteiger partial charge on any atom is 0.269 e. The number of non-ortho nitro benzene ring substituents is 1. The van der Waals surface area contributed by atoms with Crippen LogP contribution < -0.4 is 10.1 Å². The molecule has 6 heteroatoms. The first kappa shape index (κ1) is 20.4. The van der Waals surface area contributed by atoms with Gasteiger partial charge in [-0.3, -0.25) is 10.1 Å². The van der Waals surface area contributed by atoms with Gasteiger partial charge in [0.05, 0.1) is 24.2 Å². The van der Waals surface area contributed by atoms with Gasteiger partial charge in [-0.05, 0) is 42.3 Å². The lowest BCUT2D eigenvalue weighted by Gasteiger charge is -2.24. The average molecular weight is 392 g/mol. The standard InChI is InChI=1S/C23H24N2O4/c1-16-3-5-18(6-4-16)23(26)15-22(17-7-13-21(29-2)14-8-17)24-19-9-11-20(12-10-19)25(27)28/h3-14,22-24,26H,15H2,1-2H3. The van der Waals surface area contributed by atoms with Crippen molar-refractivity contribution in [1.82, 2.24) is 0 Å². The van der Waals surface area contributed by atoms with Crippen molar-refractivity contribution in [3.63, 3.8) is 0 Å². The highest BCUT2D eigenvalue weighted by Crippen LogP contribution is 2.31. The van der Waals surface area contributed by atoms with Crippen LogP contribution in [0.15, 0.2) is 72.8 Å². The Balaban J connectivity index is 1.83. The van der Waals surface area contributed by atoms with Crippen molar-refractivity contribution in [2.45, 2.75) is 25.5 Å². The number of aryl methyl sites for hydroxylation is 1. The van der Waals surface area contributed by atoms with Crippen molar-refractivity contribution >= 4 is 11.4 Å². The van der Waals surface area contributed by atoms with E-state index in [9.17, 15) is 15.2 Å². The molecule has 2 atom stereocenters. The highest BCUT2D eigenvalue weighted by molar-refractivity contribution is 5.50. The first-order valence-corrected chi connectivity index (χ1v) is 9.36. The van der Waals surface area contributed by atoms with E-state index in [0.29, 0.717) is 6.42 Å². The third-order valence-electron chi connectivity index (χ3n) is 4.86. The van der Waals surface area contributed by atoms with E-state index in [1.54, 1.807) is 19.2 Å². The van der Waals surface area contributed by atoms with Crippen molar-refractivity contribution in [1.29, 1.82) is 0 Å². The SMILES string of the molecule is COc1ccc(C(CC(O)c2ccc(C)cc2)Nc2ccc([N+](=O)[O-])cc2)cc1. The fourth-order valence-electron chi connectivity index (χ4n) is 3.14. The topological polar surface area (TPSA) is 84.6 Å². The van der Waals surface area contributed by atoms with Crippen molar-refractivity contribution in [2.75, 3.05) is 12.4 Å². The maximum atomic E-state index is 10.9. The van der Waals surface area contributed by atoms with E-state index >= 15 is 0 Å². The molecule has 29 heavy (non-hydrogen) atoms. The van der Waals surface area contributed by atoms with Crippen molar-refractivity contribution in [3.05, 3.63) is 99.6 Å². The van der Waals surface area contributed by atoms with Crippen LogP contribution in [0.4, 0.5) is 11.4 Å². The van der Waals surface area contributed by atoms with Crippen LogP contribution in [0.1, 0.15) is 35.3 Å². The minimum absolute atomic E-state index is 0.0382. The number of aliphatic hydroxyl groups is 1. The summed E-state index contributed by atoms with van der Waals surface area (Å²) in [5, 5.41) is 25.1. The molecule has 0 aliphatic carbocycles. The molecule has 3 aromatic rings.